The average Bonchev–Trinajstić information content (AvgIpc) is 3.08. The van der Waals surface area contributed by atoms with Crippen molar-refractivity contribution in [2.45, 2.75) is 43.7 Å². The van der Waals surface area contributed by atoms with Crippen LogP contribution in [-0.2, 0) is 13.0 Å². The third kappa shape index (κ3) is 2.86. The van der Waals surface area contributed by atoms with Crippen molar-refractivity contribution >= 4 is 11.8 Å². The van der Waals surface area contributed by atoms with Gasteiger partial charge < -0.3 is 0 Å². The molecule has 4 nitrogen and oxygen atoms in total. The number of nitrogens with zero attached hydrogens (tertiary/aromatic N) is 2. The van der Waals surface area contributed by atoms with Crippen LogP contribution in [0.3, 0.4) is 0 Å². The van der Waals surface area contributed by atoms with Crippen LogP contribution in [0.15, 0.2) is 35.2 Å². The molecule has 2 aromatic rings. The van der Waals surface area contributed by atoms with Crippen LogP contribution in [0.4, 0.5) is 0 Å². The first-order valence-electron chi connectivity index (χ1n) is 7.44. The Morgan fingerprint density at radius 1 is 1.48 bits per heavy atom. The fraction of sp³-hybridized carbons (Fsp3) is 0.438. The Kier molecular flexibility index (Phi) is 4.33. The fourth-order valence-electron chi connectivity index (χ4n) is 3.10. The number of nitrogens with one attached hydrogen (secondary N) is 1. The van der Waals surface area contributed by atoms with Crippen molar-refractivity contribution in [3.05, 3.63) is 47.3 Å². The largest absolute Gasteiger partial charge is 0.271 e. The molecule has 1 aliphatic rings. The van der Waals surface area contributed by atoms with Gasteiger partial charge in [0.1, 0.15) is 0 Å². The van der Waals surface area contributed by atoms with Gasteiger partial charge in [-0.25, -0.2) is 0 Å². The Bertz CT molecular complexity index is 622. The lowest BCUT2D eigenvalue weighted by Gasteiger charge is -2.23. The second-order valence-electron chi connectivity index (χ2n) is 5.53. The molecule has 1 aromatic carbocycles. The monoisotopic (exact) mass is 302 g/mol. The van der Waals surface area contributed by atoms with Crippen LogP contribution in [0, 0.1) is 6.92 Å². The summed E-state index contributed by atoms with van der Waals surface area (Å²) in [5.74, 6) is 7.41. The summed E-state index contributed by atoms with van der Waals surface area (Å²) in [6.45, 7) is 5.07. The predicted molar refractivity (Wildman–Crippen MR) is 87.4 cm³/mol. The Morgan fingerprint density at radius 2 is 2.29 bits per heavy atom. The highest BCUT2D eigenvalue weighted by Crippen LogP contribution is 2.41. The van der Waals surface area contributed by atoms with E-state index in [1.54, 1.807) is 0 Å². The van der Waals surface area contributed by atoms with Gasteiger partial charge in [0.25, 0.3) is 0 Å². The Morgan fingerprint density at radius 3 is 3.05 bits per heavy atom. The molecule has 0 saturated heterocycles. The topological polar surface area (TPSA) is 55.9 Å². The molecule has 0 aliphatic carbocycles. The number of aryl methyl sites for hydroxylation is 2. The summed E-state index contributed by atoms with van der Waals surface area (Å²) in [4.78, 5) is 1.39. The van der Waals surface area contributed by atoms with E-state index in [1.165, 1.54) is 16.2 Å². The van der Waals surface area contributed by atoms with E-state index in [-0.39, 0.29) is 6.04 Å². The highest BCUT2D eigenvalue weighted by molar-refractivity contribution is 7.99. The van der Waals surface area contributed by atoms with E-state index in [4.69, 9.17) is 5.84 Å². The van der Waals surface area contributed by atoms with Crippen LogP contribution in [-0.4, -0.2) is 21.6 Å². The molecule has 3 N–H and O–H groups in total. The summed E-state index contributed by atoms with van der Waals surface area (Å²) >= 11 is 1.93. The summed E-state index contributed by atoms with van der Waals surface area (Å²) in [5, 5.41) is 4.53. The van der Waals surface area contributed by atoms with E-state index in [9.17, 15) is 0 Å². The van der Waals surface area contributed by atoms with Gasteiger partial charge in [-0.05, 0) is 31.5 Å². The molecule has 21 heavy (non-hydrogen) atoms. The van der Waals surface area contributed by atoms with Gasteiger partial charge in [0.15, 0.2) is 0 Å². The van der Waals surface area contributed by atoms with Gasteiger partial charge in [0.05, 0.1) is 5.69 Å². The number of hydrogen-bond acceptors (Lipinski definition) is 4. The van der Waals surface area contributed by atoms with E-state index >= 15 is 0 Å². The van der Waals surface area contributed by atoms with Crippen molar-refractivity contribution in [3.63, 3.8) is 0 Å². The molecule has 112 valence electrons. The second kappa shape index (κ2) is 6.22. The van der Waals surface area contributed by atoms with E-state index in [1.807, 2.05) is 18.7 Å². The SMILES string of the molecule is CCn1nc(C)cc1CC(NN)C1CSc2ccccc21. The molecule has 0 bridgehead atoms. The standard InChI is InChI=1S/C16H22N4S/c1-3-20-12(8-11(2)19-20)9-15(18-17)14-10-21-16-7-5-4-6-13(14)16/h4-8,14-15,18H,3,9-10,17H2,1-2H3. The van der Waals surface area contributed by atoms with Gasteiger partial charge in [-0.15, -0.1) is 11.8 Å². The Balaban J connectivity index is 1.83. The Hall–Kier alpha value is -1.30. The molecule has 0 saturated carbocycles. The molecule has 3 rings (SSSR count). The lowest BCUT2D eigenvalue weighted by atomic mass is 9.91. The van der Waals surface area contributed by atoms with Crippen molar-refractivity contribution in [2.24, 2.45) is 5.84 Å². The van der Waals surface area contributed by atoms with Crippen molar-refractivity contribution in [2.75, 3.05) is 5.75 Å². The van der Waals surface area contributed by atoms with Gasteiger partial charge in [-0.1, -0.05) is 18.2 Å². The molecular weight excluding hydrogens is 280 g/mol. The molecule has 0 amide bonds. The number of hydrogen-bond donors (Lipinski definition) is 2. The first-order valence-corrected chi connectivity index (χ1v) is 8.42. The number of rotatable bonds is 5. The number of hydrazine groups is 1. The number of fused-ring (bicyclic) bond motifs is 1. The zero-order valence-electron chi connectivity index (χ0n) is 12.5. The summed E-state index contributed by atoms with van der Waals surface area (Å²) in [7, 11) is 0. The van der Waals surface area contributed by atoms with Gasteiger partial charge >= 0.3 is 0 Å². The van der Waals surface area contributed by atoms with Crippen molar-refractivity contribution in [3.8, 4) is 0 Å². The minimum Gasteiger partial charge on any atom is -0.271 e. The summed E-state index contributed by atoms with van der Waals surface area (Å²) in [6, 6.07) is 11.1. The number of aromatic nitrogens is 2. The zero-order chi connectivity index (χ0) is 14.8. The first kappa shape index (κ1) is 14.6. The Labute approximate surface area is 130 Å². The summed E-state index contributed by atoms with van der Waals surface area (Å²) in [6.07, 6.45) is 0.907. The number of benzene rings is 1. The molecule has 2 heterocycles. The third-order valence-electron chi connectivity index (χ3n) is 4.15. The number of nitrogens with two attached hydrogens (primary N) is 1. The highest BCUT2D eigenvalue weighted by atomic mass is 32.2. The van der Waals surface area contributed by atoms with Gasteiger partial charge in [0.2, 0.25) is 0 Å². The molecule has 1 aromatic heterocycles. The molecule has 0 spiro atoms. The maximum atomic E-state index is 5.87. The lowest BCUT2D eigenvalue weighted by molar-refractivity contribution is 0.447. The van der Waals surface area contributed by atoms with Crippen molar-refractivity contribution < 1.29 is 0 Å². The van der Waals surface area contributed by atoms with Crippen molar-refractivity contribution in [1.82, 2.24) is 15.2 Å². The lowest BCUT2D eigenvalue weighted by Crippen LogP contribution is -2.42. The van der Waals surface area contributed by atoms with E-state index in [2.05, 4.69) is 52.5 Å². The molecule has 0 fully saturated rings. The minimum atomic E-state index is 0.238. The van der Waals surface area contributed by atoms with Crippen LogP contribution < -0.4 is 11.3 Å². The van der Waals surface area contributed by atoms with Crippen molar-refractivity contribution in [1.29, 1.82) is 0 Å². The minimum absolute atomic E-state index is 0.238. The molecule has 0 radical (unpaired) electrons. The summed E-state index contributed by atoms with van der Waals surface area (Å²) in [5.41, 5.74) is 6.79. The molecule has 1 aliphatic heterocycles. The first-order chi connectivity index (χ1) is 10.2. The maximum Gasteiger partial charge on any atom is 0.0596 e. The molecule has 2 atom stereocenters. The van der Waals surface area contributed by atoms with Crippen LogP contribution in [0.5, 0.6) is 0 Å². The maximum absolute atomic E-state index is 5.87. The summed E-state index contributed by atoms with van der Waals surface area (Å²) < 4.78 is 2.08. The fourth-order valence-corrected chi connectivity index (χ4v) is 4.43. The van der Waals surface area contributed by atoms with Gasteiger partial charge in [-0.2, -0.15) is 5.10 Å². The second-order valence-corrected chi connectivity index (χ2v) is 6.59. The van der Waals surface area contributed by atoms with Crippen LogP contribution in [0.2, 0.25) is 0 Å². The third-order valence-corrected chi connectivity index (χ3v) is 5.36. The van der Waals surface area contributed by atoms with Gasteiger partial charge in [0, 0.05) is 41.3 Å². The van der Waals surface area contributed by atoms with Gasteiger partial charge in [-0.3, -0.25) is 16.0 Å². The highest BCUT2D eigenvalue weighted by Gasteiger charge is 2.30. The quantitative estimate of drug-likeness (QED) is 0.658. The zero-order valence-corrected chi connectivity index (χ0v) is 13.4. The smallest absolute Gasteiger partial charge is 0.0596 e. The normalized spacial score (nSPS) is 18.7. The van der Waals surface area contributed by atoms with E-state index < -0.39 is 0 Å². The molecule has 2 unspecified atom stereocenters. The molecular formula is C16H22N4S. The van der Waals surface area contributed by atoms with Crippen LogP contribution >= 0.6 is 11.8 Å². The average molecular weight is 302 g/mol. The predicted octanol–water partition coefficient (Wildman–Crippen LogP) is 2.48. The van der Waals surface area contributed by atoms with E-state index in [0.717, 1.165) is 24.4 Å². The van der Waals surface area contributed by atoms with Crippen LogP contribution in [0.1, 0.15) is 29.8 Å². The van der Waals surface area contributed by atoms with E-state index in [0.29, 0.717) is 5.92 Å². The van der Waals surface area contributed by atoms with Crippen LogP contribution in [0.25, 0.3) is 0 Å². The molecule has 5 heteroatoms. The number of thioether (sulfide) groups is 1.